The van der Waals surface area contributed by atoms with Gasteiger partial charge in [0.05, 0.1) is 11.3 Å². The first-order valence-electron chi connectivity index (χ1n) is 5.67. The number of Topliss-reactive ketones (excluding diaryl/α,β-unsaturated/α-hetero) is 1. The van der Waals surface area contributed by atoms with E-state index in [1.807, 2.05) is 12.1 Å². The maximum absolute atomic E-state index is 11.9. The van der Waals surface area contributed by atoms with E-state index in [1.54, 1.807) is 11.0 Å². The molecule has 4 heteroatoms. The smallest absolute Gasteiger partial charge is 0.299 e. The number of hydrogen-bond acceptors (Lipinski definition) is 2. The third-order valence-corrected chi connectivity index (χ3v) is 3.54. The molecule has 90 valence electrons. The standard InChI is InChI=1S/C13H14BrNO2/c1-8(2)6-7-15-10-5-3-4-9(14)11(10)12(16)13(15)17/h3-5,8H,6-7H2,1-2H3. The quantitative estimate of drug-likeness (QED) is 0.804. The van der Waals surface area contributed by atoms with Crippen molar-refractivity contribution in [2.75, 3.05) is 11.4 Å². The number of hydrogen-bond donors (Lipinski definition) is 0. The largest absolute Gasteiger partial charge is 0.305 e. The lowest BCUT2D eigenvalue weighted by molar-refractivity contribution is -0.114. The summed E-state index contributed by atoms with van der Waals surface area (Å²) in [6.45, 7) is 4.81. The van der Waals surface area contributed by atoms with Crippen LogP contribution in [0.2, 0.25) is 0 Å². The Morgan fingerprint density at radius 3 is 2.65 bits per heavy atom. The van der Waals surface area contributed by atoms with Gasteiger partial charge in [0.2, 0.25) is 0 Å². The lowest BCUT2D eigenvalue weighted by atomic mass is 10.1. The molecule has 3 nitrogen and oxygen atoms in total. The third kappa shape index (κ3) is 2.14. The fourth-order valence-corrected chi connectivity index (χ4v) is 2.45. The summed E-state index contributed by atoms with van der Waals surface area (Å²) >= 11 is 3.32. The minimum atomic E-state index is -0.410. The number of carbonyl (C=O) groups excluding carboxylic acids is 2. The van der Waals surface area contributed by atoms with E-state index in [2.05, 4.69) is 29.8 Å². The summed E-state index contributed by atoms with van der Waals surface area (Å²) in [5, 5.41) is 0. The summed E-state index contributed by atoms with van der Waals surface area (Å²) in [6, 6.07) is 5.45. The maximum atomic E-state index is 11.9. The van der Waals surface area contributed by atoms with Crippen LogP contribution >= 0.6 is 15.9 Å². The predicted octanol–water partition coefficient (Wildman–Crippen LogP) is 3.02. The number of ketones is 1. The minimum Gasteiger partial charge on any atom is -0.305 e. The molecule has 0 fully saturated rings. The number of fused-ring (bicyclic) bond motifs is 1. The van der Waals surface area contributed by atoms with E-state index in [1.165, 1.54) is 0 Å². The zero-order valence-corrected chi connectivity index (χ0v) is 11.5. The third-order valence-electron chi connectivity index (χ3n) is 2.88. The lowest BCUT2D eigenvalue weighted by Crippen LogP contribution is -2.31. The van der Waals surface area contributed by atoms with Crippen LogP contribution in [0.3, 0.4) is 0 Å². The van der Waals surface area contributed by atoms with Gasteiger partial charge in [-0.3, -0.25) is 9.59 Å². The number of nitrogens with zero attached hydrogens (tertiary/aromatic N) is 1. The number of benzene rings is 1. The number of rotatable bonds is 3. The normalized spacial score (nSPS) is 14.7. The Balaban J connectivity index is 2.35. The van der Waals surface area contributed by atoms with E-state index in [0.717, 1.165) is 12.1 Å². The van der Waals surface area contributed by atoms with Crippen molar-refractivity contribution in [3.05, 3.63) is 28.2 Å². The highest BCUT2D eigenvalue weighted by Gasteiger charge is 2.36. The molecule has 1 amide bonds. The Kier molecular flexibility index (Phi) is 3.33. The number of halogens is 1. The second-order valence-corrected chi connectivity index (χ2v) is 5.46. The molecular weight excluding hydrogens is 282 g/mol. The Morgan fingerprint density at radius 2 is 2.00 bits per heavy atom. The van der Waals surface area contributed by atoms with Crippen molar-refractivity contribution in [3.63, 3.8) is 0 Å². The van der Waals surface area contributed by atoms with Crippen molar-refractivity contribution < 1.29 is 9.59 Å². The Labute approximate surface area is 109 Å². The molecule has 0 saturated heterocycles. The van der Waals surface area contributed by atoms with E-state index in [0.29, 0.717) is 22.5 Å². The van der Waals surface area contributed by atoms with Gasteiger partial charge in [0, 0.05) is 11.0 Å². The van der Waals surface area contributed by atoms with Gasteiger partial charge in [-0.05, 0) is 40.4 Å². The van der Waals surface area contributed by atoms with Crippen molar-refractivity contribution >= 4 is 33.3 Å². The van der Waals surface area contributed by atoms with E-state index < -0.39 is 11.7 Å². The highest BCUT2D eigenvalue weighted by molar-refractivity contribution is 9.10. The molecular formula is C13H14BrNO2. The van der Waals surface area contributed by atoms with E-state index in [4.69, 9.17) is 0 Å². The number of carbonyl (C=O) groups is 2. The molecule has 2 rings (SSSR count). The SMILES string of the molecule is CC(C)CCN1C(=O)C(=O)c2c(Br)cccc21. The summed E-state index contributed by atoms with van der Waals surface area (Å²) in [5.41, 5.74) is 1.23. The molecule has 1 aromatic carbocycles. The van der Waals surface area contributed by atoms with Crippen LogP contribution in [0.1, 0.15) is 30.6 Å². The fraction of sp³-hybridized carbons (Fsp3) is 0.385. The minimum absolute atomic E-state index is 0.406. The highest BCUT2D eigenvalue weighted by Crippen LogP contribution is 2.34. The molecule has 0 bridgehead atoms. The summed E-state index contributed by atoms with van der Waals surface area (Å²) in [6.07, 6.45) is 0.894. The maximum Gasteiger partial charge on any atom is 0.299 e. The van der Waals surface area contributed by atoms with E-state index in [9.17, 15) is 9.59 Å². The molecule has 0 unspecified atom stereocenters. The lowest BCUT2D eigenvalue weighted by Gasteiger charge is -2.17. The molecule has 0 saturated carbocycles. The predicted molar refractivity (Wildman–Crippen MR) is 70.3 cm³/mol. The van der Waals surface area contributed by atoms with Gasteiger partial charge in [-0.25, -0.2) is 0 Å². The molecule has 17 heavy (non-hydrogen) atoms. The molecule has 0 atom stereocenters. The van der Waals surface area contributed by atoms with Crippen LogP contribution in [0.4, 0.5) is 5.69 Å². The topological polar surface area (TPSA) is 37.4 Å². The van der Waals surface area contributed by atoms with Crippen LogP contribution in [0.5, 0.6) is 0 Å². The molecule has 1 aromatic rings. The Hall–Kier alpha value is -1.16. The van der Waals surface area contributed by atoms with Crippen molar-refractivity contribution in [2.24, 2.45) is 5.92 Å². The molecule has 0 spiro atoms. The molecule has 1 aliphatic heterocycles. The van der Waals surface area contributed by atoms with E-state index >= 15 is 0 Å². The zero-order chi connectivity index (χ0) is 12.6. The average Bonchev–Trinajstić information content (AvgIpc) is 2.51. The Bertz CT molecular complexity index is 482. The van der Waals surface area contributed by atoms with Gasteiger partial charge >= 0.3 is 0 Å². The number of anilines is 1. The van der Waals surface area contributed by atoms with E-state index in [-0.39, 0.29) is 0 Å². The molecule has 0 aliphatic carbocycles. The zero-order valence-electron chi connectivity index (χ0n) is 9.87. The summed E-state index contributed by atoms with van der Waals surface area (Å²) < 4.78 is 0.695. The molecule has 1 aliphatic rings. The highest BCUT2D eigenvalue weighted by atomic mass is 79.9. The monoisotopic (exact) mass is 295 g/mol. The van der Waals surface area contributed by atoms with Crippen molar-refractivity contribution in [2.45, 2.75) is 20.3 Å². The van der Waals surface area contributed by atoms with Gasteiger partial charge in [0.1, 0.15) is 0 Å². The van der Waals surface area contributed by atoms with Gasteiger partial charge < -0.3 is 4.90 Å². The van der Waals surface area contributed by atoms with Gasteiger partial charge in [-0.2, -0.15) is 0 Å². The Morgan fingerprint density at radius 1 is 1.29 bits per heavy atom. The first kappa shape index (κ1) is 12.3. The second kappa shape index (κ2) is 4.61. The van der Waals surface area contributed by atoms with Crippen molar-refractivity contribution in [1.29, 1.82) is 0 Å². The van der Waals surface area contributed by atoms with Crippen LogP contribution < -0.4 is 4.90 Å². The molecule has 1 heterocycles. The summed E-state index contributed by atoms with van der Waals surface area (Å²) in [5.74, 6) is -0.308. The van der Waals surface area contributed by atoms with Crippen LogP contribution in [-0.4, -0.2) is 18.2 Å². The fourth-order valence-electron chi connectivity index (χ4n) is 1.91. The summed E-state index contributed by atoms with van der Waals surface area (Å²) in [4.78, 5) is 25.3. The van der Waals surface area contributed by atoms with Gasteiger partial charge in [-0.1, -0.05) is 19.9 Å². The van der Waals surface area contributed by atoms with Gasteiger partial charge in [0.25, 0.3) is 11.7 Å². The first-order chi connectivity index (χ1) is 8.02. The van der Waals surface area contributed by atoms with Crippen molar-refractivity contribution in [1.82, 2.24) is 0 Å². The van der Waals surface area contributed by atoms with Crippen LogP contribution in [0, 0.1) is 5.92 Å². The average molecular weight is 296 g/mol. The molecule has 0 radical (unpaired) electrons. The first-order valence-corrected chi connectivity index (χ1v) is 6.46. The van der Waals surface area contributed by atoms with Gasteiger partial charge in [0.15, 0.2) is 0 Å². The molecule has 0 aromatic heterocycles. The number of amides is 1. The van der Waals surface area contributed by atoms with Gasteiger partial charge in [-0.15, -0.1) is 0 Å². The van der Waals surface area contributed by atoms with Crippen LogP contribution in [0.15, 0.2) is 22.7 Å². The second-order valence-electron chi connectivity index (χ2n) is 4.60. The van der Waals surface area contributed by atoms with Crippen LogP contribution in [0.25, 0.3) is 0 Å². The van der Waals surface area contributed by atoms with Crippen molar-refractivity contribution in [3.8, 4) is 0 Å². The summed E-state index contributed by atoms with van der Waals surface area (Å²) in [7, 11) is 0. The van der Waals surface area contributed by atoms with Crippen LogP contribution in [-0.2, 0) is 4.79 Å². The molecule has 0 N–H and O–H groups in total.